The molecule has 1 aliphatic rings. The van der Waals surface area contributed by atoms with Gasteiger partial charge in [0, 0.05) is 24.8 Å². The van der Waals surface area contributed by atoms with Gasteiger partial charge in [-0.1, -0.05) is 19.9 Å². The summed E-state index contributed by atoms with van der Waals surface area (Å²) in [6.07, 6.45) is 1.24. The van der Waals surface area contributed by atoms with E-state index in [9.17, 15) is 9.90 Å². The summed E-state index contributed by atoms with van der Waals surface area (Å²) in [4.78, 5) is 13.8. The van der Waals surface area contributed by atoms with E-state index in [-0.39, 0.29) is 6.03 Å². The first-order chi connectivity index (χ1) is 10.5. The molecule has 1 aliphatic heterocycles. The molecule has 1 atom stereocenters. The number of anilines is 1. The Kier molecular flexibility index (Phi) is 5.66. The minimum absolute atomic E-state index is 0.173. The van der Waals surface area contributed by atoms with Gasteiger partial charge < -0.3 is 20.1 Å². The minimum Gasteiger partial charge on any atom is -0.493 e. The first-order valence-corrected chi connectivity index (χ1v) is 7.93. The second-order valence-corrected chi connectivity index (χ2v) is 6.33. The molecule has 1 saturated heterocycles. The number of aryl methyl sites for hydroxylation is 1. The van der Waals surface area contributed by atoms with Gasteiger partial charge in [-0.3, -0.25) is 0 Å². The van der Waals surface area contributed by atoms with E-state index in [1.54, 1.807) is 4.90 Å². The number of aliphatic hydroxyl groups excluding tert-OH is 1. The average molecular weight is 306 g/mol. The van der Waals surface area contributed by atoms with E-state index in [0.717, 1.165) is 23.4 Å². The van der Waals surface area contributed by atoms with Crippen LogP contribution in [-0.2, 0) is 0 Å². The maximum absolute atomic E-state index is 12.1. The highest BCUT2D eigenvalue weighted by molar-refractivity contribution is 5.89. The Morgan fingerprint density at radius 3 is 2.91 bits per heavy atom. The summed E-state index contributed by atoms with van der Waals surface area (Å²) in [5, 5.41) is 12.4. The quantitative estimate of drug-likeness (QED) is 0.879. The van der Waals surface area contributed by atoms with E-state index in [2.05, 4.69) is 19.2 Å². The molecule has 5 heteroatoms. The van der Waals surface area contributed by atoms with Crippen molar-refractivity contribution in [2.75, 3.05) is 25.0 Å². The SMILES string of the molecule is Cc1ccc(NC(=O)N2CCC(O)C2)cc1OCCC(C)C. The zero-order valence-corrected chi connectivity index (χ0v) is 13.6. The number of hydrogen-bond acceptors (Lipinski definition) is 3. The van der Waals surface area contributed by atoms with Gasteiger partial charge in [-0.05, 0) is 37.3 Å². The molecular weight excluding hydrogens is 280 g/mol. The van der Waals surface area contributed by atoms with Gasteiger partial charge in [0.1, 0.15) is 5.75 Å². The number of urea groups is 1. The molecular formula is C17H26N2O3. The van der Waals surface area contributed by atoms with Crippen molar-refractivity contribution in [3.8, 4) is 5.75 Å². The highest BCUT2D eigenvalue weighted by Gasteiger charge is 2.24. The van der Waals surface area contributed by atoms with E-state index in [1.807, 2.05) is 25.1 Å². The van der Waals surface area contributed by atoms with Crippen LogP contribution in [0.25, 0.3) is 0 Å². The zero-order valence-electron chi connectivity index (χ0n) is 13.6. The van der Waals surface area contributed by atoms with Crippen LogP contribution in [0, 0.1) is 12.8 Å². The van der Waals surface area contributed by atoms with Gasteiger partial charge in [0.05, 0.1) is 12.7 Å². The van der Waals surface area contributed by atoms with Gasteiger partial charge in [0.15, 0.2) is 0 Å². The Morgan fingerprint density at radius 1 is 1.50 bits per heavy atom. The molecule has 1 aromatic carbocycles. The molecule has 0 spiro atoms. The summed E-state index contributed by atoms with van der Waals surface area (Å²) < 4.78 is 5.81. The zero-order chi connectivity index (χ0) is 16.1. The lowest BCUT2D eigenvalue weighted by molar-refractivity contribution is 0.176. The van der Waals surface area contributed by atoms with Gasteiger partial charge in [0.2, 0.25) is 0 Å². The van der Waals surface area contributed by atoms with Crippen LogP contribution in [0.15, 0.2) is 18.2 Å². The smallest absolute Gasteiger partial charge is 0.321 e. The lowest BCUT2D eigenvalue weighted by Crippen LogP contribution is -2.33. The van der Waals surface area contributed by atoms with E-state index in [4.69, 9.17) is 4.74 Å². The molecule has 2 N–H and O–H groups in total. The van der Waals surface area contributed by atoms with E-state index in [0.29, 0.717) is 32.0 Å². The topological polar surface area (TPSA) is 61.8 Å². The van der Waals surface area contributed by atoms with Crippen LogP contribution in [0.5, 0.6) is 5.75 Å². The van der Waals surface area contributed by atoms with E-state index >= 15 is 0 Å². The fourth-order valence-corrected chi connectivity index (χ4v) is 2.37. The first kappa shape index (κ1) is 16.6. The Morgan fingerprint density at radius 2 is 2.27 bits per heavy atom. The van der Waals surface area contributed by atoms with Crippen LogP contribution in [0.3, 0.4) is 0 Å². The second kappa shape index (κ2) is 7.49. The summed E-state index contributed by atoms with van der Waals surface area (Å²) in [6, 6.07) is 5.50. The maximum atomic E-state index is 12.1. The van der Waals surface area contributed by atoms with Crippen molar-refractivity contribution in [1.29, 1.82) is 0 Å². The number of nitrogens with one attached hydrogen (secondary N) is 1. The molecule has 0 aromatic heterocycles. The number of β-amino-alcohol motifs (C(OH)–C–C–N with tert-alkyl or cyclic N) is 1. The third kappa shape index (κ3) is 4.63. The lowest BCUT2D eigenvalue weighted by Gasteiger charge is -2.17. The van der Waals surface area contributed by atoms with Crippen molar-refractivity contribution in [2.24, 2.45) is 5.92 Å². The third-order valence-corrected chi connectivity index (χ3v) is 3.84. The van der Waals surface area contributed by atoms with E-state index < -0.39 is 6.10 Å². The second-order valence-electron chi connectivity index (χ2n) is 6.33. The Bertz CT molecular complexity index is 517. The number of hydrogen-bond donors (Lipinski definition) is 2. The first-order valence-electron chi connectivity index (χ1n) is 7.93. The molecule has 1 fully saturated rings. The Hall–Kier alpha value is -1.75. The third-order valence-electron chi connectivity index (χ3n) is 3.84. The fraction of sp³-hybridized carbons (Fsp3) is 0.588. The van der Waals surface area contributed by atoms with Crippen molar-refractivity contribution < 1.29 is 14.6 Å². The Balaban J connectivity index is 1.95. The normalized spacial score (nSPS) is 17.9. The molecule has 1 unspecified atom stereocenters. The highest BCUT2D eigenvalue weighted by Crippen LogP contribution is 2.24. The summed E-state index contributed by atoms with van der Waals surface area (Å²) >= 11 is 0. The Labute approximate surface area is 132 Å². The number of carbonyl (C=O) groups is 1. The molecule has 22 heavy (non-hydrogen) atoms. The summed E-state index contributed by atoms with van der Waals surface area (Å²) in [6.45, 7) is 7.99. The van der Waals surface area contributed by atoms with Crippen LogP contribution in [0.1, 0.15) is 32.3 Å². The molecule has 122 valence electrons. The van der Waals surface area contributed by atoms with Gasteiger partial charge in [-0.2, -0.15) is 0 Å². The molecule has 0 radical (unpaired) electrons. The van der Waals surface area contributed by atoms with Crippen LogP contribution in [-0.4, -0.2) is 41.8 Å². The number of likely N-dealkylation sites (tertiary alicyclic amines) is 1. The molecule has 2 amide bonds. The molecule has 0 bridgehead atoms. The number of ether oxygens (including phenoxy) is 1. The maximum Gasteiger partial charge on any atom is 0.321 e. The molecule has 1 aromatic rings. The number of amides is 2. The predicted molar refractivity (Wildman–Crippen MR) is 87.3 cm³/mol. The number of nitrogens with zero attached hydrogens (tertiary/aromatic N) is 1. The number of rotatable bonds is 5. The largest absolute Gasteiger partial charge is 0.493 e. The number of benzene rings is 1. The van der Waals surface area contributed by atoms with Gasteiger partial charge in [-0.25, -0.2) is 4.79 Å². The highest BCUT2D eigenvalue weighted by atomic mass is 16.5. The molecule has 1 heterocycles. The molecule has 0 saturated carbocycles. The van der Waals surface area contributed by atoms with Crippen molar-refractivity contribution >= 4 is 11.7 Å². The molecule has 5 nitrogen and oxygen atoms in total. The molecule has 2 rings (SSSR count). The summed E-state index contributed by atoms with van der Waals surface area (Å²) in [7, 11) is 0. The fourth-order valence-electron chi connectivity index (χ4n) is 2.37. The monoisotopic (exact) mass is 306 g/mol. The summed E-state index contributed by atoms with van der Waals surface area (Å²) in [5.74, 6) is 1.41. The standard InChI is InChI=1S/C17H26N2O3/c1-12(2)7-9-22-16-10-14(5-4-13(16)3)18-17(21)19-8-6-15(20)11-19/h4-5,10,12,15,20H,6-9,11H2,1-3H3,(H,18,21). The minimum atomic E-state index is -0.404. The van der Waals surface area contributed by atoms with Crippen molar-refractivity contribution in [1.82, 2.24) is 4.90 Å². The lowest BCUT2D eigenvalue weighted by atomic mass is 10.1. The van der Waals surface area contributed by atoms with Gasteiger partial charge in [-0.15, -0.1) is 0 Å². The average Bonchev–Trinajstić information content (AvgIpc) is 2.88. The van der Waals surface area contributed by atoms with Gasteiger partial charge in [0.25, 0.3) is 0 Å². The van der Waals surface area contributed by atoms with Crippen molar-refractivity contribution in [3.63, 3.8) is 0 Å². The van der Waals surface area contributed by atoms with Crippen LogP contribution < -0.4 is 10.1 Å². The number of carbonyl (C=O) groups excluding carboxylic acids is 1. The van der Waals surface area contributed by atoms with Crippen LogP contribution in [0.4, 0.5) is 10.5 Å². The molecule has 0 aliphatic carbocycles. The van der Waals surface area contributed by atoms with E-state index in [1.165, 1.54) is 0 Å². The predicted octanol–water partition coefficient (Wildman–Crippen LogP) is 3.02. The van der Waals surface area contributed by atoms with Crippen LogP contribution >= 0.6 is 0 Å². The van der Waals surface area contributed by atoms with Crippen LogP contribution in [0.2, 0.25) is 0 Å². The number of aliphatic hydroxyl groups is 1. The summed E-state index contributed by atoms with van der Waals surface area (Å²) in [5.41, 5.74) is 1.77. The van der Waals surface area contributed by atoms with Crippen molar-refractivity contribution in [3.05, 3.63) is 23.8 Å². The van der Waals surface area contributed by atoms with Crippen molar-refractivity contribution in [2.45, 2.75) is 39.7 Å². The van der Waals surface area contributed by atoms with Gasteiger partial charge >= 0.3 is 6.03 Å².